The summed E-state index contributed by atoms with van der Waals surface area (Å²) in [5.74, 6) is -1.65. The second-order valence-electron chi connectivity index (χ2n) is 2.89. The molecule has 0 aromatic rings. The van der Waals surface area contributed by atoms with Crippen LogP contribution in [0.2, 0.25) is 0 Å². The molecule has 0 aromatic heterocycles. The summed E-state index contributed by atoms with van der Waals surface area (Å²) in [7, 11) is 0. The number of carbonyl (C=O) groups excluding carboxylic acids is 1. The number of ether oxygens (including phenoxy) is 1. The van der Waals surface area contributed by atoms with E-state index in [2.05, 4.69) is 0 Å². The van der Waals surface area contributed by atoms with E-state index in [0.717, 1.165) is 0 Å². The molecule has 0 aliphatic heterocycles. The van der Waals surface area contributed by atoms with E-state index in [9.17, 15) is 9.59 Å². The van der Waals surface area contributed by atoms with Gasteiger partial charge in [-0.05, 0) is 19.8 Å². The Balaban J connectivity index is 0. The summed E-state index contributed by atoms with van der Waals surface area (Å²) in [5.41, 5.74) is -1.63. The number of ketones is 1. The van der Waals surface area contributed by atoms with Crippen LogP contribution in [0, 0.1) is 0 Å². The zero-order chi connectivity index (χ0) is 10.5. The molecular formula is C9H16O4Ti. The molecule has 0 radical (unpaired) electrons. The number of carboxylic acids is 1. The largest absolute Gasteiger partial charge is 0.479 e. The Morgan fingerprint density at radius 2 is 1.86 bits per heavy atom. The van der Waals surface area contributed by atoms with Gasteiger partial charge in [0.2, 0.25) is 5.60 Å². The molecule has 0 aliphatic rings. The third-order valence-electron chi connectivity index (χ3n) is 1.96. The van der Waals surface area contributed by atoms with Gasteiger partial charge in [-0.3, -0.25) is 4.79 Å². The van der Waals surface area contributed by atoms with Gasteiger partial charge in [0, 0.05) is 28.3 Å². The molecule has 0 saturated heterocycles. The number of hydrogen-bond acceptors (Lipinski definition) is 3. The molecule has 1 N–H and O–H groups in total. The molecule has 14 heavy (non-hydrogen) atoms. The van der Waals surface area contributed by atoms with E-state index >= 15 is 0 Å². The van der Waals surface area contributed by atoms with E-state index < -0.39 is 17.4 Å². The van der Waals surface area contributed by atoms with Crippen molar-refractivity contribution < 1.29 is 41.2 Å². The Kier molecular flexibility index (Phi) is 8.30. The minimum Gasteiger partial charge on any atom is -0.479 e. The van der Waals surface area contributed by atoms with Gasteiger partial charge in [0.1, 0.15) is 0 Å². The fourth-order valence-electron chi connectivity index (χ4n) is 1.09. The minimum atomic E-state index is -1.63. The average molecular weight is 236 g/mol. The Hall–Kier alpha value is -0.186. The average Bonchev–Trinajstić information content (AvgIpc) is 2.05. The van der Waals surface area contributed by atoms with E-state index in [0.29, 0.717) is 13.0 Å². The predicted molar refractivity (Wildman–Crippen MR) is 47.6 cm³/mol. The van der Waals surface area contributed by atoms with Crippen LogP contribution in [0.15, 0.2) is 0 Å². The van der Waals surface area contributed by atoms with E-state index in [4.69, 9.17) is 9.84 Å². The third-order valence-corrected chi connectivity index (χ3v) is 1.96. The Morgan fingerprint density at radius 1 is 1.36 bits per heavy atom. The van der Waals surface area contributed by atoms with Gasteiger partial charge in [-0.1, -0.05) is 13.8 Å². The van der Waals surface area contributed by atoms with Gasteiger partial charge in [0.15, 0.2) is 5.78 Å². The smallest absolute Gasteiger partial charge is 0.343 e. The molecule has 0 aliphatic carbocycles. The summed E-state index contributed by atoms with van der Waals surface area (Å²) in [6.45, 7) is 5.03. The minimum absolute atomic E-state index is 0. The van der Waals surface area contributed by atoms with Crippen molar-refractivity contribution in [2.75, 3.05) is 6.61 Å². The van der Waals surface area contributed by atoms with E-state index in [1.165, 1.54) is 6.92 Å². The normalized spacial score (nSPS) is 13.9. The molecule has 0 heterocycles. The molecular weight excluding hydrogens is 220 g/mol. The monoisotopic (exact) mass is 236 g/mol. The number of Topliss-reactive ketones (excluding diaryl/α,β-unsaturated/α-hetero) is 1. The van der Waals surface area contributed by atoms with Crippen LogP contribution in [0.3, 0.4) is 0 Å². The van der Waals surface area contributed by atoms with Crippen LogP contribution in [0.1, 0.15) is 33.6 Å². The number of hydrogen-bond donors (Lipinski definition) is 1. The molecule has 1 atom stereocenters. The quantitative estimate of drug-likeness (QED) is 0.556. The van der Waals surface area contributed by atoms with Crippen molar-refractivity contribution in [2.24, 2.45) is 0 Å². The fourth-order valence-corrected chi connectivity index (χ4v) is 1.09. The molecule has 0 aromatic carbocycles. The first-order valence-corrected chi connectivity index (χ1v) is 4.39. The molecule has 0 fully saturated rings. The summed E-state index contributed by atoms with van der Waals surface area (Å²) >= 11 is 0. The van der Waals surface area contributed by atoms with E-state index in [1.54, 1.807) is 6.92 Å². The summed E-state index contributed by atoms with van der Waals surface area (Å²) in [6.07, 6.45) is 0.861. The van der Waals surface area contributed by atoms with Crippen molar-refractivity contribution in [1.82, 2.24) is 0 Å². The molecule has 0 amide bonds. The van der Waals surface area contributed by atoms with Crippen molar-refractivity contribution in [3.8, 4) is 0 Å². The van der Waals surface area contributed by atoms with E-state index in [1.807, 2.05) is 6.92 Å². The Bertz CT molecular complexity index is 189. The molecule has 4 nitrogen and oxygen atoms in total. The maximum atomic E-state index is 11.1. The van der Waals surface area contributed by atoms with Crippen molar-refractivity contribution in [3.63, 3.8) is 0 Å². The first kappa shape index (κ1) is 16.3. The molecule has 0 bridgehead atoms. The summed E-state index contributed by atoms with van der Waals surface area (Å²) in [6, 6.07) is 0. The Morgan fingerprint density at radius 3 is 2.07 bits per heavy atom. The molecule has 1 unspecified atom stereocenters. The second kappa shape index (κ2) is 7.15. The first-order valence-electron chi connectivity index (χ1n) is 4.39. The SMILES string of the molecule is CCCOC(CC)(C(C)=O)C(=O)O.[Ti]. The predicted octanol–water partition coefficient (Wildman–Crippen LogP) is 1.23. The number of rotatable bonds is 6. The molecule has 5 heteroatoms. The van der Waals surface area contributed by atoms with Gasteiger partial charge in [-0.25, -0.2) is 4.79 Å². The van der Waals surface area contributed by atoms with Crippen LogP contribution in [0.25, 0.3) is 0 Å². The van der Waals surface area contributed by atoms with E-state index in [-0.39, 0.29) is 28.1 Å². The van der Waals surface area contributed by atoms with Crippen LogP contribution >= 0.6 is 0 Å². The zero-order valence-corrected chi connectivity index (χ0v) is 10.4. The third kappa shape index (κ3) is 3.52. The fraction of sp³-hybridized carbons (Fsp3) is 0.778. The van der Waals surface area contributed by atoms with Gasteiger partial charge in [-0.15, -0.1) is 0 Å². The summed E-state index contributed by atoms with van der Waals surface area (Å²) in [4.78, 5) is 22.0. The van der Waals surface area contributed by atoms with Crippen molar-refractivity contribution >= 4 is 11.8 Å². The van der Waals surface area contributed by atoms with Gasteiger partial charge in [0.25, 0.3) is 0 Å². The maximum absolute atomic E-state index is 11.1. The Labute approximate surface area is 98.9 Å². The molecule has 0 saturated carbocycles. The number of carboxylic acid groups (broad SMARTS) is 1. The van der Waals surface area contributed by atoms with Crippen LogP contribution < -0.4 is 0 Å². The molecule has 0 rings (SSSR count). The topological polar surface area (TPSA) is 63.6 Å². The summed E-state index contributed by atoms with van der Waals surface area (Å²) in [5, 5.41) is 8.87. The van der Waals surface area contributed by atoms with Crippen LogP contribution in [-0.2, 0) is 36.0 Å². The van der Waals surface area contributed by atoms with Gasteiger partial charge in [-0.2, -0.15) is 0 Å². The van der Waals surface area contributed by atoms with Gasteiger partial charge >= 0.3 is 5.97 Å². The number of carbonyl (C=O) groups is 2. The first-order chi connectivity index (χ1) is 6.01. The standard InChI is InChI=1S/C9H16O4.Ti/c1-4-6-13-9(5-2,7(3)10)8(11)12;/h4-6H2,1-3H3,(H,11,12);. The second-order valence-corrected chi connectivity index (χ2v) is 2.89. The zero-order valence-electron chi connectivity index (χ0n) is 8.79. The van der Waals surface area contributed by atoms with Gasteiger partial charge < -0.3 is 9.84 Å². The number of aliphatic carboxylic acids is 1. The molecule has 0 spiro atoms. The maximum Gasteiger partial charge on any atom is 0.343 e. The van der Waals surface area contributed by atoms with Crippen molar-refractivity contribution in [3.05, 3.63) is 0 Å². The van der Waals surface area contributed by atoms with Crippen molar-refractivity contribution in [1.29, 1.82) is 0 Å². The van der Waals surface area contributed by atoms with Crippen molar-refractivity contribution in [2.45, 2.75) is 39.2 Å². The summed E-state index contributed by atoms with van der Waals surface area (Å²) < 4.78 is 5.10. The van der Waals surface area contributed by atoms with Crippen LogP contribution in [-0.4, -0.2) is 29.1 Å². The van der Waals surface area contributed by atoms with Crippen LogP contribution in [0.4, 0.5) is 0 Å². The van der Waals surface area contributed by atoms with Crippen LogP contribution in [0.5, 0.6) is 0 Å². The molecule has 80 valence electrons. The van der Waals surface area contributed by atoms with Gasteiger partial charge in [0.05, 0.1) is 0 Å².